The van der Waals surface area contributed by atoms with Crippen molar-refractivity contribution in [3.63, 3.8) is 0 Å². The first kappa shape index (κ1) is 21.8. The first-order valence-corrected chi connectivity index (χ1v) is 10.1. The smallest absolute Gasteiger partial charge is 0.279 e. The predicted molar refractivity (Wildman–Crippen MR) is 113 cm³/mol. The summed E-state index contributed by atoms with van der Waals surface area (Å²) in [6.45, 7) is 11.7. The average molecular weight is 386 g/mol. The van der Waals surface area contributed by atoms with Crippen LogP contribution in [0, 0.1) is 6.92 Å². The monoisotopic (exact) mass is 385 g/mol. The number of carbonyl (C=O) groups excluding carboxylic acids is 1. The zero-order chi connectivity index (χ0) is 20.5. The third kappa shape index (κ3) is 5.73. The van der Waals surface area contributed by atoms with E-state index in [4.69, 9.17) is 9.47 Å². The van der Waals surface area contributed by atoms with Gasteiger partial charge in [-0.05, 0) is 63.4 Å². The molecule has 1 atom stereocenters. The van der Waals surface area contributed by atoms with Crippen LogP contribution >= 0.6 is 0 Å². The lowest BCUT2D eigenvalue weighted by Crippen LogP contribution is -2.86. The van der Waals surface area contributed by atoms with Crippen LogP contribution in [0.5, 0.6) is 11.5 Å². The van der Waals surface area contributed by atoms with Gasteiger partial charge in [-0.1, -0.05) is 25.1 Å². The number of ether oxygens (including phenoxy) is 2. The summed E-state index contributed by atoms with van der Waals surface area (Å²) in [5, 5.41) is 5.11. The van der Waals surface area contributed by atoms with E-state index in [9.17, 15) is 4.79 Å². The van der Waals surface area contributed by atoms with E-state index < -0.39 is 0 Å². The number of nitrogens with one attached hydrogen (secondary N) is 1. The summed E-state index contributed by atoms with van der Waals surface area (Å²) in [6.07, 6.45) is 0.893. The number of nitrogens with two attached hydrogens (primary N) is 1. The standard InChI is InChI=1S/C23H32N2O3/c1-6-18-11-9-10-16(4)23(18)25-22(26)15-24-17(5)19-12-13-20(27-7-2)21(14-19)28-8-3/h9-14,17,24H,6-8,15H2,1-5H3,(H,25,26)/p+1/t17-/m0/s1. The molecule has 0 saturated carbocycles. The minimum atomic E-state index is 0.00631. The Labute approximate surface area is 168 Å². The maximum Gasteiger partial charge on any atom is 0.279 e. The second-order valence-corrected chi connectivity index (χ2v) is 6.81. The Morgan fingerprint density at radius 1 is 1.07 bits per heavy atom. The summed E-state index contributed by atoms with van der Waals surface area (Å²) >= 11 is 0. The highest BCUT2D eigenvalue weighted by Crippen LogP contribution is 2.30. The molecule has 1 amide bonds. The third-order valence-corrected chi connectivity index (χ3v) is 4.75. The number of aryl methyl sites for hydroxylation is 2. The number of hydrogen-bond acceptors (Lipinski definition) is 3. The summed E-state index contributed by atoms with van der Waals surface area (Å²) in [4.78, 5) is 12.5. The van der Waals surface area contributed by atoms with Crippen LogP contribution in [-0.2, 0) is 11.2 Å². The molecule has 0 heterocycles. The SMILES string of the molecule is CCOc1ccc([C@H](C)[NH2+]CC(=O)Nc2c(C)cccc2CC)cc1OCC. The quantitative estimate of drug-likeness (QED) is 0.657. The van der Waals surface area contributed by atoms with Crippen molar-refractivity contribution >= 4 is 11.6 Å². The minimum absolute atomic E-state index is 0.00631. The molecule has 5 nitrogen and oxygen atoms in total. The summed E-state index contributed by atoms with van der Waals surface area (Å²) < 4.78 is 11.3. The maximum absolute atomic E-state index is 12.5. The number of para-hydroxylation sites is 1. The van der Waals surface area contributed by atoms with E-state index >= 15 is 0 Å². The Balaban J connectivity index is 2.01. The van der Waals surface area contributed by atoms with Gasteiger partial charge in [0.1, 0.15) is 6.04 Å². The molecule has 0 fully saturated rings. The highest BCUT2D eigenvalue weighted by Gasteiger charge is 2.16. The molecule has 0 aromatic heterocycles. The molecule has 0 unspecified atom stereocenters. The Hall–Kier alpha value is -2.53. The molecule has 0 aliphatic rings. The van der Waals surface area contributed by atoms with Crippen molar-refractivity contribution in [2.24, 2.45) is 0 Å². The summed E-state index contributed by atoms with van der Waals surface area (Å²) in [5.41, 5.74) is 4.29. The molecule has 152 valence electrons. The number of quaternary nitrogens is 1. The van der Waals surface area contributed by atoms with Crippen LogP contribution in [0.2, 0.25) is 0 Å². The fourth-order valence-corrected chi connectivity index (χ4v) is 3.16. The molecule has 2 rings (SSSR count). The van der Waals surface area contributed by atoms with Gasteiger partial charge in [0, 0.05) is 11.3 Å². The average Bonchev–Trinajstić information content (AvgIpc) is 2.69. The van der Waals surface area contributed by atoms with Crippen molar-refractivity contribution < 1.29 is 19.6 Å². The van der Waals surface area contributed by atoms with Gasteiger partial charge in [0.15, 0.2) is 18.0 Å². The molecule has 0 bridgehead atoms. The van der Waals surface area contributed by atoms with E-state index in [0.717, 1.165) is 40.3 Å². The third-order valence-electron chi connectivity index (χ3n) is 4.75. The molecule has 28 heavy (non-hydrogen) atoms. The van der Waals surface area contributed by atoms with E-state index in [1.54, 1.807) is 0 Å². The van der Waals surface area contributed by atoms with Crippen molar-refractivity contribution in [3.05, 3.63) is 53.1 Å². The van der Waals surface area contributed by atoms with E-state index in [2.05, 4.69) is 25.2 Å². The zero-order valence-corrected chi connectivity index (χ0v) is 17.7. The summed E-state index contributed by atoms with van der Waals surface area (Å²) in [7, 11) is 0. The van der Waals surface area contributed by atoms with Crippen molar-refractivity contribution in [1.29, 1.82) is 0 Å². The van der Waals surface area contributed by atoms with E-state index in [1.165, 1.54) is 0 Å². The van der Waals surface area contributed by atoms with E-state index in [1.807, 2.05) is 56.4 Å². The largest absolute Gasteiger partial charge is 0.490 e. The lowest BCUT2D eigenvalue weighted by molar-refractivity contribution is -0.682. The van der Waals surface area contributed by atoms with Crippen molar-refractivity contribution in [2.45, 2.75) is 47.1 Å². The lowest BCUT2D eigenvalue weighted by Gasteiger charge is -2.16. The number of rotatable bonds is 10. The second kappa shape index (κ2) is 10.7. The molecule has 0 saturated heterocycles. The fraction of sp³-hybridized carbons (Fsp3) is 0.435. The molecule has 0 aliphatic carbocycles. The number of anilines is 1. The topological polar surface area (TPSA) is 64.2 Å². The van der Waals surface area contributed by atoms with Crippen LogP contribution in [-0.4, -0.2) is 25.7 Å². The Morgan fingerprint density at radius 3 is 2.46 bits per heavy atom. The number of amides is 1. The molecule has 3 N–H and O–H groups in total. The Morgan fingerprint density at radius 2 is 1.79 bits per heavy atom. The van der Waals surface area contributed by atoms with Gasteiger partial charge < -0.3 is 20.1 Å². The zero-order valence-electron chi connectivity index (χ0n) is 17.7. The second-order valence-electron chi connectivity index (χ2n) is 6.81. The van der Waals surface area contributed by atoms with Gasteiger partial charge in [-0.15, -0.1) is 0 Å². The van der Waals surface area contributed by atoms with Crippen LogP contribution < -0.4 is 20.1 Å². The van der Waals surface area contributed by atoms with E-state index in [0.29, 0.717) is 19.8 Å². The fourth-order valence-electron chi connectivity index (χ4n) is 3.16. The molecular formula is C23H33N2O3+. The van der Waals surface area contributed by atoms with Crippen LogP contribution in [0.3, 0.4) is 0 Å². The molecule has 0 spiro atoms. The Kier molecular flexibility index (Phi) is 8.33. The van der Waals surface area contributed by atoms with Crippen molar-refractivity contribution in [2.75, 3.05) is 25.1 Å². The highest BCUT2D eigenvalue weighted by atomic mass is 16.5. The molecular weight excluding hydrogens is 352 g/mol. The van der Waals surface area contributed by atoms with Crippen LogP contribution in [0.25, 0.3) is 0 Å². The lowest BCUT2D eigenvalue weighted by atomic mass is 10.1. The number of benzene rings is 2. The van der Waals surface area contributed by atoms with Gasteiger partial charge in [0.25, 0.3) is 5.91 Å². The van der Waals surface area contributed by atoms with Gasteiger partial charge in [0.05, 0.1) is 13.2 Å². The van der Waals surface area contributed by atoms with Gasteiger partial charge in [0.2, 0.25) is 0 Å². The summed E-state index contributed by atoms with van der Waals surface area (Å²) in [6, 6.07) is 12.2. The number of hydrogen-bond donors (Lipinski definition) is 2. The minimum Gasteiger partial charge on any atom is -0.490 e. The van der Waals surface area contributed by atoms with Crippen LogP contribution in [0.4, 0.5) is 5.69 Å². The predicted octanol–water partition coefficient (Wildman–Crippen LogP) is 3.62. The van der Waals surface area contributed by atoms with Gasteiger partial charge >= 0.3 is 0 Å². The first-order valence-electron chi connectivity index (χ1n) is 10.1. The first-order chi connectivity index (χ1) is 13.5. The van der Waals surface area contributed by atoms with Crippen LogP contribution in [0.15, 0.2) is 36.4 Å². The molecule has 2 aromatic carbocycles. The normalized spacial score (nSPS) is 11.8. The van der Waals surface area contributed by atoms with Gasteiger partial charge in [-0.2, -0.15) is 0 Å². The van der Waals surface area contributed by atoms with Gasteiger partial charge in [-0.3, -0.25) is 4.79 Å². The molecule has 5 heteroatoms. The van der Waals surface area contributed by atoms with Crippen molar-refractivity contribution in [1.82, 2.24) is 0 Å². The molecule has 2 aromatic rings. The van der Waals surface area contributed by atoms with E-state index in [-0.39, 0.29) is 11.9 Å². The highest BCUT2D eigenvalue weighted by molar-refractivity contribution is 5.93. The molecule has 0 radical (unpaired) electrons. The Bertz CT molecular complexity index is 789. The van der Waals surface area contributed by atoms with Crippen LogP contribution in [0.1, 0.15) is 50.4 Å². The summed E-state index contributed by atoms with van der Waals surface area (Å²) in [5.74, 6) is 1.51. The molecule has 0 aliphatic heterocycles. The maximum atomic E-state index is 12.5. The number of carbonyl (C=O) groups is 1. The van der Waals surface area contributed by atoms with Gasteiger partial charge in [-0.25, -0.2) is 0 Å². The van der Waals surface area contributed by atoms with Crippen molar-refractivity contribution in [3.8, 4) is 11.5 Å².